The summed E-state index contributed by atoms with van der Waals surface area (Å²) in [6, 6.07) is 6.31. The summed E-state index contributed by atoms with van der Waals surface area (Å²) in [6.07, 6.45) is 7.71. The number of likely N-dealkylation sites (tertiary alicyclic amines) is 1. The molecule has 1 atom stereocenters. The van der Waals surface area contributed by atoms with Crippen molar-refractivity contribution < 1.29 is 14.3 Å². The number of ether oxygens (including phenoxy) is 2. The Hall–Kier alpha value is -1.55. The minimum atomic E-state index is -0.269. The Kier molecular flexibility index (Phi) is 3.43. The molecule has 1 unspecified atom stereocenters. The summed E-state index contributed by atoms with van der Waals surface area (Å²) in [4.78, 5) is 15.0. The Balaban J connectivity index is 1.34. The van der Waals surface area contributed by atoms with Crippen LogP contribution in [0.15, 0.2) is 18.2 Å². The van der Waals surface area contributed by atoms with Crippen molar-refractivity contribution in [3.8, 4) is 5.75 Å². The van der Waals surface area contributed by atoms with Crippen LogP contribution in [0.2, 0.25) is 0 Å². The van der Waals surface area contributed by atoms with Gasteiger partial charge in [0.05, 0.1) is 13.7 Å². The fourth-order valence-electron chi connectivity index (χ4n) is 5.48. The first kappa shape index (κ1) is 15.7. The van der Waals surface area contributed by atoms with Gasteiger partial charge in [-0.15, -0.1) is 0 Å². The first-order valence-corrected chi connectivity index (χ1v) is 9.77. The normalized spacial score (nSPS) is 28.4. The van der Waals surface area contributed by atoms with Gasteiger partial charge in [-0.2, -0.15) is 0 Å². The van der Waals surface area contributed by atoms with Crippen molar-refractivity contribution in [3.63, 3.8) is 0 Å². The Bertz CT molecular complexity index is 687. The van der Waals surface area contributed by atoms with Gasteiger partial charge in [-0.3, -0.25) is 4.79 Å². The number of carbonyl (C=O) groups is 1. The molecule has 1 saturated heterocycles. The van der Waals surface area contributed by atoms with Gasteiger partial charge in [-0.25, -0.2) is 0 Å². The van der Waals surface area contributed by atoms with E-state index < -0.39 is 0 Å². The van der Waals surface area contributed by atoms with Crippen molar-refractivity contribution in [2.45, 2.75) is 50.5 Å². The highest BCUT2D eigenvalue weighted by Gasteiger charge is 2.62. The van der Waals surface area contributed by atoms with E-state index >= 15 is 0 Å². The molecule has 1 amide bonds. The molecular formula is C21H27NO3. The number of hydrogen-bond acceptors (Lipinski definition) is 3. The highest BCUT2D eigenvalue weighted by atomic mass is 16.5. The molecule has 2 heterocycles. The summed E-state index contributed by atoms with van der Waals surface area (Å²) >= 11 is 0. The number of rotatable bonds is 2. The Morgan fingerprint density at radius 1 is 1.24 bits per heavy atom. The maximum absolute atomic E-state index is 12.9. The highest BCUT2D eigenvalue weighted by molar-refractivity contribution is 5.83. The standard InChI is InChI=1S/C21H27NO3/c1-24-17-5-2-4-15-6-13-25-21(18(15)17)9-11-22(12-10-21)19(23)16-14-20(16)7-3-8-20/h2,4-5,16H,3,6-14H2,1H3. The fraction of sp³-hybridized carbons (Fsp3) is 0.667. The molecule has 4 heteroatoms. The van der Waals surface area contributed by atoms with Gasteiger partial charge in [0.1, 0.15) is 11.4 Å². The highest BCUT2D eigenvalue weighted by Crippen LogP contribution is 2.66. The SMILES string of the molecule is COc1cccc2c1C1(CCN(C(=O)C3CC34CCC4)CC1)OCC2. The van der Waals surface area contributed by atoms with Gasteiger partial charge in [-0.1, -0.05) is 18.6 Å². The van der Waals surface area contributed by atoms with Crippen LogP contribution >= 0.6 is 0 Å². The van der Waals surface area contributed by atoms with Gasteiger partial charge in [0, 0.05) is 24.6 Å². The summed E-state index contributed by atoms with van der Waals surface area (Å²) in [6.45, 7) is 2.38. The minimum absolute atomic E-state index is 0.269. The third-order valence-electron chi connectivity index (χ3n) is 7.26. The van der Waals surface area contributed by atoms with E-state index in [2.05, 4.69) is 17.0 Å². The largest absolute Gasteiger partial charge is 0.496 e. The number of benzene rings is 1. The fourth-order valence-corrected chi connectivity index (χ4v) is 5.48. The quantitative estimate of drug-likeness (QED) is 0.829. The first-order chi connectivity index (χ1) is 12.2. The number of piperidine rings is 1. The zero-order valence-corrected chi connectivity index (χ0v) is 15.1. The molecule has 2 saturated carbocycles. The summed E-state index contributed by atoms with van der Waals surface area (Å²) in [5.41, 5.74) is 2.73. The van der Waals surface area contributed by atoms with E-state index in [1.54, 1.807) is 7.11 Å². The second-order valence-corrected chi connectivity index (χ2v) is 8.39. The lowest BCUT2D eigenvalue weighted by Crippen LogP contribution is -2.49. The lowest BCUT2D eigenvalue weighted by atomic mass is 9.78. The van der Waals surface area contributed by atoms with Gasteiger partial charge < -0.3 is 14.4 Å². The third kappa shape index (κ3) is 2.26. The van der Waals surface area contributed by atoms with Crippen molar-refractivity contribution >= 4 is 5.91 Å². The molecule has 3 fully saturated rings. The predicted octanol–water partition coefficient (Wildman–Crippen LogP) is 3.28. The number of fused-ring (bicyclic) bond motifs is 2. The van der Waals surface area contributed by atoms with Crippen LogP contribution in [0.25, 0.3) is 0 Å². The molecule has 4 aliphatic rings. The van der Waals surface area contributed by atoms with Crippen molar-refractivity contribution in [3.05, 3.63) is 29.3 Å². The molecule has 0 aromatic heterocycles. The summed E-state index contributed by atoms with van der Waals surface area (Å²) < 4.78 is 12.0. The number of hydrogen-bond donors (Lipinski definition) is 0. The van der Waals surface area contributed by atoms with E-state index in [1.165, 1.54) is 30.4 Å². The summed E-state index contributed by atoms with van der Waals surface area (Å²) in [7, 11) is 1.74. The second-order valence-electron chi connectivity index (χ2n) is 8.39. The summed E-state index contributed by atoms with van der Waals surface area (Å²) in [5, 5.41) is 0. The molecular weight excluding hydrogens is 314 g/mol. The van der Waals surface area contributed by atoms with E-state index in [0.717, 1.165) is 51.1 Å². The van der Waals surface area contributed by atoms with Crippen molar-refractivity contribution in [1.29, 1.82) is 0 Å². The zero-order valence-electron chi connectivity index (χ0n) is 15.1. The molecule has 0 N–H and O–H groups in total. The van der Waals surface area contributed by atoms with Gasteiger partial charge in [-0.05, 0) is 55.6 Å². The average Bonchev–Trinajstić information content (AvgIpc) is 3.38. The minimum Gasteiger partial charge on any atom is -0.496 e. The van der Waals surface area contributed by atoms with Crippen molar-refractivity contribution in [1.82, 2.24) is 4.90 Å². The molecule has 2 aliphatic carbocycles. The lowest BCUT2D eigenvalue weighted by molar-refractivity contribution is -0.143. The molecule has 0 radical (unpaired) electrons. The number of methoxy groups -OCH3 is 1. The van der Waals surface area contributed by atoms with E-state index in [9.17, 15) is 4.79 Å². The Morgan fingerprint density at radius 3 is 2.68 bits per heavy atom. The van der Waals surface area contributed by atoms with Crippen LogP contribution in [0, 0.1) is 11.3 Å². The molecule has 4 nitrogen and oxygen atoms in total. The lowest BCUT2D eigenvalue weighted by Gasteiger charge is -2.45. The van der Waals surface area contributed by atoms with Crippen LogP contribution < -0.4 is 4.74 Å². The van der Waals surface area contributed by atoms with Crippen molar-refractivity contribution in [2.24, 2.45) is 11.3 Å². The molecule has 2 aliphatic heterocycles. The van der Waals surface area contributed by atoms with E-state index in [-0.39, 0.29) is 5.60 Å². The predicted molar refractivity (Wildman–Crippen MR) is 94.5 cm³/mol. The van der Waals surface area contributed by atoms with E-state index in [1.807, 2.05) is 6.07 Å². The maximum Gasteiger partial charge on any atom is 0.226 e. The molecule has 25 heavy (non-hydrogen) atoms. The van der Waals surface area contributed by atoms with Crippen molar-refractivity contribution in [2.75, 3.05) is 26.8 Å². The molecule has 134 valence electrons. The Labute approximate surface area is 149 Å². The summed E-state index contributed by atoms with van der Waals surface area (Å²) in [5.74, 6) is 1.67. The van der Waals surface area contributed by atoms with Crippen LogP contribution in [-0.4, -0.2) is 37.6 Å². The number of nitrogens with zero attached hydrogens (tertiary/aromatic N) is 1. The first-order valence-electron chi connectivity index (χ1n) is 9.77. The van der Waals surface area contributed by atoms with E-state index in [4.69, 9.17) is 9.47 Å². The van der Waals surface area contributed by atoms with Crippen LogP contribution in [0.4, 0.5) is 0 Å². The van der Waals surface area contributed by atoms with E-state index in [0.29, 0.717) is 17.2 Å². The molecule has 2 spiro atoms. The van der Waals surface area contributed by atoms with Gasteiger partial charge >= 0.3 is 0 Å². The van der Waals surface area contributed by atoms with Crippen LogP contribution in [0.1, 0.15) is 49.7 Å². The maximum atomic E-state index is 12.9. The molecule has 5 rings (SSSR count). The smallest absolute Gasteiger partial charge is 0.226 e. The zero-order chi connectivity index (χ0) is 17.1. The monoisotopic (exact) mass is 341 g/mol. The van der Waals surface area contributed by atoms with Crippen LogP contribution in [-0.2, 0) is 21.6 Å². The number of amides is 1. The molecule has 1 aromatic carbocycles. The topological polar surface area (TPSA) is 38.8 Å². The Morgan fingerprint density at radius 2 is 2.04 bits per heavy atom. The second kappa shape index (κ2) is 5.47. The van der Waals surface area contributed by atoms with Gasteiger partial charge in [0.25, 0.3) is 0 Å². The number of carbonyl (C=O) groups excluding carboxylic acids is 1. The average molecular weight is 341 g/mol. The van der Waals surface area contributed by atoms with Gasteiger partial charge in [0.2, 0.25) is 5.91 Å². The third-order valence-corrected chi connectivity index (χ3v) is 7.26. The van der Waals surface area contributed by atoms with Gasteiger partial charge in [0.15, 0.2) is 0 Å². The van der Waals surface area contributed by atoms with Crippen LogP contribution in [0.3, 0.4) is 0 Å². The molecule has 0 bridgehead atoms. The molecule has 1 aromatic rings. The van der Waals surface area contributed by atoms with Crippen LogP contribution in [0.5, 0.6) is 5.75 Å².